The van der Waals surface area contributed by atoms with Crippen molar-refractivity contribution in [1.29, 1.82) is 0 Å². The lowest BCUT2D eigenvalue weighted by molar-refractivity contribution is -0.203. The van der Waals surface area contributed by atoms with Crippen LogP contribution in [0.1, 0.15) is 40.5 Å². The quantitative estimate of drug-likeness (QED) is 0.306. The fourth-order valence-corrected chi connectivity index (χ4v) is 3.20. The minimum absolute atomic E-state index is 0.0669. The second-order valence-corrected chi connectivity index (χ2v) is 12.5. The van der Waals surface area contributed by atoms with Gasteiger partial charge < -0.3 is 19.0 Å². The van der Waals surface area contributed by atoms with Crippen molar-refractivity contribution in [2.24, 2.45) is 0 Å². The monoisotopic (exact) mass is 370 g/mol. The molecule has 1 N–H and O–H groups in total. The minimum atomic E-state index is -2.41. The van der Waals surface area contributed by atoms with Crippen LogP contribution in [0.25, 0.3) is 0 Å². The Hall–Kier alpha value is -1.44. The third-order valence-electron chi connectivity index (χ3n) is 4.63. The van der Waals surface area contributed by atoms with Crippen LogP contribution in [0, 0.1) is 0 Å². The SMILES string of the molecule is C=C(C(=O)OCCCC)C(O[Si](C)(C)C(C)(C)C)C1(O)C=CC(=O)O1. The maximum Gasteiger partial charge on any atom is 0.336 e. The van der Waals surface area contributed by atoms with Crippen LogP contribution in [-0.2, 0) is 23.5 Å². The zero-order chi connectivity index (χ0) is 19.5. The summed E-state index contributed by atoms with van der Waals surface area (Å²) in [4.78, 5) is 23.8. The van der Waals surface area contributed by atoms with Gasteiger partial charge in [-0.25, -0.2) is 9.59 Å². The fraction of sp³-hybridized carbons (Fsp3) is 0.667. The van der Waals surface area contributed by atoms with Crippen molar-refractivity contribution in [3.05, 3.63) is 24.3 Å². The lowest BCUT2D eigenvalue weighted by Crippen LogP contribution is -2.54. The molecule has 0 aliphatic carbocycles. The van der Waals surface area contributed by atoms with Gasteiger partial charge in [0.15, 0.2) is 8.32 Å². The van der Waals surface area contributed by atoms with E-state index in [1.807, 2.05) is 40.8 Å². The fourth-order valence-electron chi connectivity index (χ4n) is 1.94. The van der Waals surface area contributed by atoms with Crippen LogP contribution in [0.2, 0.25) is 18.1 Å². The largest absolute Gasteiger partial charge is 0.462 e. The van der Waals surface area contributed by atoms with Crippen molar-refractivity contribution < 1.29 is 28.6 Å². The van der Waals surface area contributed by atoms with Crippen molar-refractivity contribution in [1.82, 2.24) is 0 Å². The molecule has 1 rings (SSSR count). The number of rotatable bonds is 8. The average Bonchev–Trinajstić information content (AvgIpc) is 2.83. The van der Waals surface area contributed by atoms with Gasteiger partial charge in [0, 0.05) is 6.08 Å². The Morgan fingerprint density at radius 1 is 1.44 bits per heavy atom. The molecule has 1 aliphatic rings. The van der Waals surface area contributed by atoms with E-state index < -0.39 is 32.1 Å². The molecule has 142 valence electrons. The number of carbonyl (C=O) groups excluding carboxylic acids is 2. The van der Waals surface area contributed by atoms with Crippen LogP contribution in [0.4, 0.5) is 0 Å². The van der Waals surface area contributed by atoms with Gasteiger partial charge in [0.25, 0.3) is 5.79 Å². The summed E-state index contributed by atoms with van der Waals surface area (Å²) in [6.45, 7) is 16.0. The van der Waals surface area contributed by atoms with Gasteiger partial charge in [-0.15, -0.1) is 0 Å². The molecule has 0 aromatic rings. The second-order valence-electron chi connectivity index (χ2n) is 7.78. The van der Waals surface area contributed by atoms with Gasteiger partial charge in [0.2, 0.25) is 0 Å². The summed E-state index contributed by atoms with van der Waals surface area (Å²) in [5.74, 6) is -3.42. The molecule has 0 radical (unpaired) electrons. The molecule has 0 amide bonds. The van der Waals surface area contributed by atoms with Gasteiger partial charge >= 0.3 is 11.9 Å². The van der Waals surface area contributed by atoms with Gasteiger partial charge in [0.05, 0.1) is 12.2 Å². The molecule has 0 spiro atoms. The number of esters is 2. The van der Waals surface area contributed by atoms with Gasteiger partial charge in [-0.2, -0.15) is 0 Å². The summed E-state index contributed by atoms with van der Waals surface area (Å²) < 4.78 is 16.4. The minimum Gasteiger partial charge on any atom is -0.462 e. The number of cyclic esters (lactones) is 1. The van der Waals surface area contributed by atoms with E-state index in [-0.39, 0.29) is 17.2 Å². The molecule has 0 bridgehead atoms. The maximum atomic E-state index is 12.3. The summed E-state index contributed by atoms with van der Waals surface area (Å²) in [6, 6.07) is 0. The van der Waals surface area contributed by atoms with E-state index in [1.54, 1.807) is 0 Å². The highest BCUT2D eigenvalue weighted by Crippen LogP contribution is 2.40. The van der Waals surface area contributed by atoms with Gasteiger partial charge in [-0.1, -0.05) is 40.7 Å². The van der Waals surface area contributed by atoms with Gasteiger partial charge in [0.1, 0.15) is 6.10 Å². The summed E-state index contributed by atoms with van der Waals surface area (Å²) in [5, 5.41) is 10.6. The molecule has 2 unspecified atom stereocenters. The number of hydrogen-bond donors (Lipinski definition) is 1. The topological polar surface area (TPSA) is 82.1 Å². The van der Waals surface area contributed by atoms with Gasteiger partial charge in [-0.3, -0.25) is 0 Å². The van der Waals surface area contributed by atoms with Crippen molar-refractivity contribution in [3.63, 3.8) is 0 Å². The molecule has 2 atom stereocenters. The Kier molecular flexibility index (Phi) is 6.78. The van der Waals surface area contributed by atoms with Crippen LogP contribution < -0.4 is 0 Å². The molecule has 0 aromatic heterocycles. The zero-order valence-electron chi connectivity index (χ0n) is 16.0. The Bertz CT molecular complexity index is 560. The summed E-state index contributed by atoms with van der Waals surface area (Å²) in [7, 11) is -2.41. The molecular weight excluding hydrogens is 340 g/mol. The summed E-state index contributed by atoms with van der Waals surface area (Å²) in [5.41, 5.74) is -0.0669. The third kappa shape index (κ3) is 5.26. The second kappa shape index (κ2) is 7.84. The first kappa shape index (κ1) is 21.6. The predicted molar refractivity (Wildman–Crippen MR) is 97.3 cm³/mol. The van der Waals surface area contributed by atoms with Crippen LogP contribution in [-0.4, -0.2) is 43.9 Å². The van der Waals surface area contributed by atoms with Crippen molar-refractivity contribution >= 4 is 20.3 Å². The highest BCUT2D eigenvalue weighted by molar-refractivity contribution is 6.74. The van der Waals surface area contributed by atoms with Crippen LogP contribution >= 0.6 is 0 Å². The standard InChI is InChI=1S/C18H30O6Si/c1-8-9-12-22-16(20)13(2)15(18(21)11-10-14(19)23-18)24-25(6,7)17(3,4)5/h10-11,15,21H,2,8-9,12H2,1,3-7H3. The molecule has 0 saturated heterocycles. The zero-order valence-corrected chi connectivity index (χ0v) is 17.0. The summed E-state index contributed by atoms with van der Waals surface area (Å²) >= 11 is 0. The van der Waals surface area contributed by atoms with E-state index >= 15 is 0 Å². The highest BCUT2D eigenvalue weighted by atomic mass is 28.4. The van der Waals surface area contributed by atoms with Crippen LogP contribution in [0.3, 0.4) is 0 Å². The lowest BCUT2D eigenvalue weighted by Gasteiger charge is -2.42. The van der Waals surface area contributed by atoms with E-state index in [1.165, 1.54) is 6.08 Å². The van der Waals surface area contributed by atoms with Crippen molar-refractivity contribution in [3.8, 4) is 0 Å². The predicted octanol–water partition coefficient (Wildman–Crippen LogP) is 3.08. The van der Waals surface area contributed by atoms with Crippen molar-refractivity contribution in [2.45, 2.75) is 70.6 Å². The Morgan fingerprint density at radius 3 is 2.48 bits per heavy atom. The van der Waals surface area contributed by atoms with E-state index in [0.717, 1.165) is 18.9 Å². The maximum absolute atomic E-state index is 12.3. The smallest absolute Gasteiger partial charge is 0.336 e. The molecule has 0 fully saturated rings. The van der Waals surface area contributed by atoms with Crippen molar-refractivity contribution in [2.75, 3.05) is 6.61 Å². The molecule has 0 aromatic carbocycles. The normalized spacial score (nSPS) is 21.8. The Balaban J connectivity index is 3.08. The molecule has 1 aliphatic heterocycles. The lowest BCUT2D eigenvalue weighted by atomic mass is 10.0. The number of carbonyl (C=O) groups is 2. The van der Waals surface area contributed by atoms with Crippen LogP contribution in [0.5, 0.6) is 0 Å². The highest BCUT2D eigenvalue weighted by Gasteiger charge is 2.51. The molecule has 7 heteroatoms. The summed E-state index contributed by atoms with van der Waals surface area (Å²) in [6.07, 6.45) is 2.69. The van der Waals surface area contributed by atoms with E-state index in [0.29, 0.717) is 0 Å². The van der Waals surface area contributed by atoms with Gasteiger partial charge in [-0.05, 0) is 30.6 Å². The number of unbranched alkanes of at least 4 members (excludes halogenated alkanes) is 1. The molecule has 1 heterocycles. The van der Waals surface area contributed by atoms with E-state index in [2.05, 4.69) is 6.58 Å². The molecule has 0 saturated carbocycles. The number of hydrogen-bond acceptors (Lipinski definition) is 6. The molecule has 6 nitrogen and oxygen atoms in total. The molecule has 25 heavy (non-hydrogen) atoms. The Morgan fingerprint density at radius 2 is 2.04 bits per heavy atom. The van der Waals surface area contributed by atoms with E-state index in [4.69, 9.17) is 13.9 Å². The average molecular weight is 371 g/mol. The number of aliphatic hydroxyl groups is 1. The third-order valence-corrected chi connectivity index (χ3v) is 9.06. The Labute approximate surface area is 151 Å². The van der Waals surface area contributed by atoms with E-state index in [9.17, 15) is 14.7 Å². The van der Waals surface area contributed by atoms with Crippen LogP contribution in [0.15, 0.2) is 24.3 Å². The number of ether oxygens (including phenoxy) is 2. The first-order chi connectivity index (χ1) is 11.3. The first-order valence-electron chi connectivity index (χ1n) is 8.52. The molecular formula is C18H30O6Si. The first-order valence-corrected chi connectivity index (χ1v) is 11.4.